The van der Waals surface area contributed by atoms with Crippen LogP contribution in [0.15, 0.2) is 24.3 Å². The maximum Gasteiger partial charge on any atom is 0.157 e. The molecule has 0 N–H and O–H groups in total. The van der Waals surface area contributed by atoms with Crippen LogP contribution in [0.5, 0.6) is 5.75 Å². The molecule has 3 heteroatoms. The van der Waals surface area contributed by atoms with Crippen molar-refractivity contribution in [2.24, 2.45) is 0 Å². The van der Waals surface area contributed by atoms with E-state index in [-0.39, 0.29) is 6.61 Å². The van der Waals surface area contributed by atoms with E-state index in [1.54, 1.807) is 12.1 Å². The fraction of sp³-hybridized carbons (Fsp3) is 0.200. The topological polar surface area (TPSA) is 50.1 Å². The molecule has 66 valence electrons. The Morgan fingerprint density at radius 2 is 2.08 bits per heavy atom. The third-order valence-electron chi connectivity index (χ3n) is 1.52. The van der Waals surface area contributed by atoms with Gasteiger partial charge in [-0.25, -0.2) is 0 Å². The molecule has 0 saturated carbocycles. The number of nitrogens with zero attached hydrogens (tertiary/aromatic N) is 1. The Kier molecular flexibility index (Phi) is 3.52. The van der Waals surface area contributed by atoms with Crippen molar-refractivity contribution in [1.82, 2.24) is 0 Å². The first-order valence-corrected chi connectivity index (χ1v) is 3.89. The summed E-state index contributed by atoms with van der Waals surface area (Å²) >= 11 is 0. The van der Waals surface area contributed by atoms with Crippen LogP contribution in [-0.4, -0.2) is 12.9 Å². The molecular formula is C10H9NO2. The number of nitriles is 1. The first kappa shape index (κ1) is 9.27. The van der Waals surface area contributed by atoms with Gasteiger partial charge in [-0.15, -0.1) is 0 Å². The van der Waals surface area contributed by atoms with Crippen molar-refractivity contribution in [1.29, 1.82) is 5.26 Å². The second kappa shape index (κ2) is 4.94. The fourth-order valence-electron chi connectivity index (χ4n) is 0.925. The summed E-state index contributed by atoms with van der Waals surface area (Å²) in [6, 6.07) is 9.16. The van der Waals surface area contributed by atoms with Gasteiger partial charge in [-0.05, 0) is 17.7 Å². The van der Waals surface area contributed by atoms with Crippen LogP contribution in [-0.2, 0) is 11.2 Å². The molecule has 0 unspecified atom stereocenters. The smallest absolute Gasteiger partial charge is 0.157 e. The van der Waals surface area contributed by atoms with Gasteiger partial charge < -0.3 is 4.74 Å². The fourth-order valence-corrected chi connectivity index (χ4v) is 0.925. The van der Waals surface area contributed by atoms with Gasteiger partial charge >= 0.3 is 0 Å². The van der Waals surface area contributed by atoms with Crippen molar-refractivity contribution < 1.29 is 9.53 Å². The van der Waals surface area contributed by atoms with Crippen LogP contribution in [0, 0.1) is 11.3 Å². The standard InChI is InChI=1S/C10H9NO2/c11-6-5-9-1-3-10(4-2-9)13-8-7-12/h1-4,7H,5,8H2. The lowest BCUT2D eigenvalue weighted by Gasteiger charge is -2.01. The van der Waals surface area contributed by atoms with Crippen molar-refractivity contribution in [3.05, 3.63) is 29.8 Å². The van der Waals surface area contributed by atoms with E-state index in [0.29, 0.717) is 18.5 Å². The van der Waals surface area contributed by atoms with Crippen LogP contribution in [0.1, 0.15) is 5.56 Å². The minimum Gasteiger partial charge on any atom is -0.486 e. The van der Waals surface area contributed by atoms with E-state index in [1.807, 2.05) is 18.2 Å². The van der Waals surface area contributed by atoms with E-state index in [9.17, 15) is 4.79 Å². The second-order valence-electron chi connectivity index (χ2n) is 2.46. The normalized spacial score (nSPS) is 8.85. The molecule has 0 heterocycles. The summed E-state index contributed by atoms with van der Waals surface area (Å²) in [5.41, 5.74) is 0.945. The SMILES string of the molecule is N#CCc1ccc(OCC=O)cc1. The third kappa shape index (κ3) is 2.96. The van der Waals surface area contributed by atoms with Crippen molar-refractivity contribution in [2.75, 3.05) is 6.61 Å². The Bertz CT molecular complexity index is 311. The van der Waals surface area contributed by atoms with Crippen LogP contribution in [0.2, 0.25) is 0 Å². The van der Waals surface area contributed by atoms with Crippen LogP contribution in [0.4, 0.5) is 0 Å². The van der Waals surface area contributed by atoms with Gasteiger partial charge in [-0.2, -0.15) is 5.26 Å². The van der Waals surface area contributed by atoms with Crippen molar-refractivity contribution in [3.63, 3.8) is 0 Å². The largest absolute Gasteiger partial charge is 0.486 e. The summed E-state index contributed by atoms with van der Waals surface area (Å²) in [4.78, 5) is 9.98. The zero-order chi connectivity index (χ0) is 9.52. The third-order valence-corrected chi connectivity index (χ3v) is 1.52. The molecular weight excluding hydrogens is 166 g/mol. The first-order chi connectivity index (χ1) is 6.36. The Labute approximate surface area is 76.6 Å². The average molecular weight is 175 g/mol. The summed E-state index contributed by atoms with van der Waals surface area (Å²) in [5, 5.41) is 8.40. The van der Waals surface area contributed by atoms with E-state index < -0.39 is 0 Å². The monoisotopic (exact) mass is 175 g/mol. The zero-order valence-corrected chi connectivity index (χ0v) is 7.06. The average Bonchev–Trinajstić information content (AvgIpc) is 2.17. The predicted octanol–water partition coefficient (Wildman–Crippen LogP) is 1.33. The van der Waals surface area contributed by atoms with Crippen molar-refractivity contribution in [2.45, 2.75) is 6.42 Å². The summed E-state index contributed by atoms with van der Waals surface area (Å²) < 4.78 is 5.04. The number of aldehydes is 1. The first-order valence-electron chi connectivity index (χ1n) is 3.89. The molecule has 13 heavy (non-hydrogen) atoms. The minimum absolute atomic E-state index is 0.0671. The molecule has 0 fully saturated rings. The van der Waals surface area contributed by atoms with Gasteiger partial charge in [0.2, 0.25) is 0 Å². The lowest BCUT2D eigenvalue weighted by atomic mass is 10.2. The predicted molar refractivity (Wildman–Crippen MR) is 47.3 cm³/mol. The lowest BCUT2D eigenvalue weighted by molar-refractivity contribution is -0.109. The number of hydrogen-bond donors (Lipinski definition) is 0. The highest BCUT2D eigenvalue weighted by molar-refractivity contribution is 5.51. The summed E-state index contributed by atoms with van der Waals surface area (Å²) in [6.45, 7) is 0.0671. The number of carbonyl (C=O) groups excluding carboxylic acids is 1. The Morgan fingerprint density at radius 1 is 1.38 bits per heavy atom. The van der Waals surface area contributed by atoms with Crippen LogP contribution >= 0.6 is 0 Å². The maximum atomic E-state index is 9.98. The molecule has 1 rings (SSSR count). The van der Waals surface area contributed by atoms with Gasteiger partial charge in [0.15, 0.2) is 6.29 Å². The van der Waals surface area contributed by atoms with Crippen molar-refractivity contribution >= 4 is 6.29 Å². The van der Waals surface area contributed by atoms with E-state index >= 15 is 0 Å². The van der Waals surface area contributed by atoms with Crippen LogP contribution in [0.3, 0.4) is 0 Å². The highest BCUT2D eigenvalue weighted by Crippen LogP contribution is 2.11. The number of hydrogen-bond acceptors (Lipinski definition) is 3. The molecule has 0 saturated heterocycles. The van der Waals surface area contributed by atoms with E-state index in [2.05, 4.69) is 0 Å². The van der Waals surface area contributed by atoms with Gasteiger partial charge in [-0.1, -0.05) is 12.1 Å². The number of ether oxygens (including phenoxy) is 1. The molecule has 0 radical (unpaired) electrons. The quantitative estimate of drug-likeness (QED) is 0.648. The van der Waals surface area contributed by atoms with E-state index in [0.717, 1.165) is 5.56 Å². The molecule has 0 aromatic heterocycles. The summed E-state index contributed by atoms with van der Waals surface area (Å²) in [6.07, 6.45) is 1.09. The molecule has 3 nitrogen and oxygen atoms in total. The molecule has 0 spiro atoms. The summed E-state index contributed by atoms with van der Waals surface area (Å²) in [5.74, 6) is 0.647. The summed E-state index contributed by atoms with van der Waals surface area (Å²) in [7, 11) is 0. The molecule has 0 atom stereocenters. The lowest BCUT2D eigenvalue weighted by Crippen LogP contribution is -1.97. The van der Waals surface area contributed by atoms with Crippen LogP contribution < -0.4 is 4.74 Å². The molecule has 0 bridgehead atoms. The molecule has 0 amide bonds. The number of benzene rings is 1. The zero-order valence-electron chi connectivity index (χ0n) is 7.06. The highest BCUT2D eigenvalue weighted by atomic mass is 16.5. The highest BCUT2D eigenvalue weighted by Gasteiger charge is 1.93. The van der Waals surface area contributed by atoms with Gasteiger partial charge in [0.25, 0.3) is 0 Å². The second-order valence-corrected chi connectivity index (χ2v) is 2.46. The molecule has 0 aliphatic heterocycles. The Hall–Kier alpha value is -1.82. The van der Waals surface area contributed by atoms with Gasteiger partial charge in [0.05, 0.1) is 12.5 Å². The number of carbonyl (C=O) groups is 1. The van der Waals surface area contributed by atoms with Crippen molar-refractivity contribution in [3.8, 4) is 11.8 Å². The maximum absolute atomic E-state index is 9.98. The Morgan fingerprint density at radius 3 is 2.62 bits per heavy atom. The molecule has 1 aromatic carbocycles. The van der Waals surface area contributed by atoms with E-state index in [4.69, 9.17) is 10.00 Å². The molecule has 1 aromatic rings. The Balaban J connectivity index is 2.59. The minimum atomic E-state index is 0.0671. The van der Waals surface area contributed by atoms with E-state index in [1.165, 1.54) is 0 Å². The number of rotatable bonds is 4. The molecule has 0 aliphatic rings. The van der Waals surface area contributed by atoms with Gasteiger partial charge in [0, 0.05) is 0 Å². The van der Waals surface area contributed by atoms with Crippen LogP contribution in [0.25, 0.3) is 0 Å². The molecule has 0 aliphatic carbocycles. The van der Waals surface area contributed by atoms with Gasteiger partial charge in [0.1, 0.15) is 12.4 Å². The van der Waals surface area contributed by atoms with Gasteiger partial charge in [-0.3, -0.25) is 4.79 Å².